The maximum atomic E-state index is 12.9. The number of nitrogens with one attached hydrogen (secondary N) is 3. The average molecular weight is 448 g/mol. The molecule has 172 valence electrons. The van der Waals surface area contributed by atoms with Crippen LogP contribution < -0.4 is 20.7 Å². The van der Waals surface area contributed by atoms with E-state index in [0.717, 1.165) is 22.6 Å². The maximum Gasteiger partial charge on any atom is 0.251 e. The van der Waals surface area contributed by atoms with Crippen LogP contribution in [0, 0.1) is 6.92 Å². The third-order valence-corrected chi connectivity index (χ3v) is 5.12. The van der Waals surface area contributed by atoms with Crippen LogP contribution in [0.3, 0.4) is 0 Å². The molecule has 3 rings (SSSR count). The Kier molecular flexibility index (Phi) is 8.30. The van der Waals surface area contributed by atoms with Crippen molar-refractivity contribution in [1.29, 1.82) is 0 Å². The number of phenolic OH excluding ortho intramolecular Hbond substituents is 1. The first-order chi connectivity index (χ1) is 15.9. The average Bonchev–Trinajstić information content (AvgIpc) is 2.83. The van der Waals surface area contributed by atoms with E-state index in [0.29, 0.717) is 25.1 Å². The summed E-state index contributed by atoms with van der Waals surface area (Å²) in [5, 5.41) is 18.5. The van der Waals surface area contributed by atoms with Crippen molar-refractivity contribution in [2.45, 2.75) is 19.4 Å². The number of rotatable bonds is 10. The van der Waals surface area contributed by atoms with Crippen molar-refractivity contribution >= 4 is 17.5 Å². The molecular weight excluding hydrogens is 418 g/mol. The summed E-state index contributed by atoms with van der Waals surface area (Å²) in [6, 6.07) is 20.6. The molecule has 3 aromatic carbocycles. The van der Waals surface area contributed by atoms with Crippen molar-refractivity contribution in [3.05, 3.63) is 89.5 Å². The highest BCUT2D eigenvalue weighted by Crippen LogP contribution is 2.15. The zero-order valence-electron chi connectivity index (χ0n) is 18.8. The molecule has 0 bridgehead atoms. The van der Waals surface area contributed by atoms with Crippen molar-refractivity contribution in [2.75, 3.05) is 25.5 Å². The minimum Gasteiger partial charge on any atom is -0.508 e. The van der Waals surface area contributed by atoms with Gasteiger partial charge in [0.1, 0.15) is 17.5 Å². The molecule has 0 saturated heterocycles. The number of carbonyl (C=O) groups is 2. The van der Waals surface area contributed by atoms with Crippen molar-refractivity contribution in [2.24, 2.45) is 0 Å². The number of hydrogen-bond donors (Lipinski definition) is 4. The Hall–Kier alpha value is -4.00. The summed E-state index contributed by atoms with van der Waals surface area (Å²) in [5.41, 5.74) is 3.21. The van der Waals surface area contributed by atoms with Gasteiger partial charge in [0.05, 0.1) is 7.11 Å². The van der Waals surface area contributed by atoms with Gasteiger partial charge in [0.2, 0.25) is 5.91 Å². The number of amides is 2. The highest BCUT2D eigenvalue weighted by atomic mass is 16.5. The van der Waals surface area contributed by atoms with Gasteiger partial charge in [-0.2, -0.15) is 0 Å². The minimum atomic E-state index is -0.761. The van der Waals surface area contributed by atoms with Crippen LogP contribution in [0.1, 0.15) is 21.5 Å². The molecule has 7 nitrogen and oxygen atoms in total. The summed E-state index contributed by atoms with van der Waals surface area (Å²) < 4.78 is 5.14. The van der Waals surface area contributed by atoms with Crippen LogP contribution in [0.25, 0.3) is 0 Å². The number of aromatic hydroxyl groups is 1. The molecule has 1 atom stereocenters. The van der Waals surface area contributed by atoms with E-state index in [2.05, 4.69) is 16.0 Å². The number of hydrogen-bond acceptors (Lipinski definition) is 5. The molecule has 0 aliphatic rings. The maximum absolute atomic E-state index is 12.9. The first kappa shape index (κ1) is 23.7. The molecule has 0 aromatic heterocycles. The molecule has 0 fully saturated rings. The number of carbonyl (C=O) groups excluding carboxylic acids is 2. The number of phenols is 1. The van der Waals surface area contributed by atoms with Crippen LogP contribution in [-0.4, -0.2) is 43.2 Å². The van der Waals surface area contributed by atoms with E-state index in [1.165, 1.54) is 0 Å². The lowest BCUT2D eigenvalue weighted by atomic mass is 10.0. The van der Waals surface area contributed by atoms with Gasteiger partial charge >= 0.3 is 0 Å². The fourth-order valence-electron chi connectivity index (χ4n) is 3.33. The number of methoxy groups -OCH3 is 1. The topological polar surface area (TPSA) is 99.7 Å². The zero-order chi connectivity index (χ0) is 23.6. The molecule has 0 aliphatic carbocycles. The van der Waals surface area contributed by atoms with Gasteiger partial charge in [-0.15, -0.1) is 0 Å². The molecule has 4 N–H and O–H groups in total. The summed E-state index contributed by atoms with van der Waals surface area (Å²) in [5.74, 6) is 0.332. The Bertz CT molecular complexity index is 1070. The minimum absolute atomic E-state index is 0.146. The Morgan fingerprint density at radius 2 is 1.70 bits per heavy atom. The standard InChI is InChI=1S/C26H29N3O4/c1-18-4-3-5-20(16-18)25(31)29-24(17-19-6-10-22(30)11-7-19)26(32)28-15-14-27-21-8-12-23(33-2)13-9-21/h3-13,16,24,27,30H,14-15,17H2,1-2H3,(H,28,32)(H,29,31). The van der Waals surface area contributed by atoms with Crippen LogP contribution in [-0.2, 0) is 11.2 Å². The first-order valence-corrected chi connectivity index (χ1v) is 10.8. The fourth-order valence-corrected chi connectivity index (χ4v) is 3.33. The summed E-state index contributed by atoms with van der Waals surface area (Å²) >= 11 is 0. The van der Waals surface area contributed by atoms with Crippen molar-refractivity contribution in [3.8, 4) is 11.5 Å². The second-order valence-corrected chi connectivity index (χ2v) is 7.71. The van der Waals surface area contributed by atoms with Gasteiger partial charge in [0.15, 0.2) is 0 Å². The highest BCUT2D eigenvalue weighted by molar-refractivity contribution is 5.97. The normalized spacial score (nSPS) is 11.3. The van der Waals surface area contributed by atoms with Gasteiger partial charge in [0.25, 0.3) is 5.91 Å². The largest absolute Gasteiger partial charge is 0.508 e. The molecule has 1 unspecified atom stereocenters. The predicted octanol–water partition coefficient (Wildman–Crippen LogP) is 3.28. The number of benzene rings is 3. The van der Waals surface area contributed by atoms with Crippen molar-refractivity contribution in [1.82, 2.24) is 10.6 Å². The molecule has 7 heteroatoms. The van der Waals surface area contributed by atoms with Crippen molar-refractivity contribution < 1.29 is 19.4 Å². The lowest BCUT2D eigenvalue weighted by molar-refractivity contribution is -0.122. The Labute approximate surface area is 193 Å². The van der Waals surface area contributed by atoms with Crippen LogP contribution in [0.15, 0.2) is 72.8 Å². The van der Waals surface area contributed by atoms with E-state index < -0.39 is 6.04 Å². The molecule has 0 spiro atoms. The second-order valence-electron chi connectivity index (χ2n) is 7.71. The highest BCUT2D eigenvalue weighted by Gasteiger charge is 2.22. The third kappa shape index (κ3) is 7.28. The molecule has 3 aromatic rings. The number of aryl methyl sites for hydroxylation is 1. The summed E-state index contributed by atoms with van der Waals surface area (Å²) in [4.78, 5) is 25.7. The van der Waals surface area contributed by atoms with Crippen LogP contribution in [0.5, 0.6) is 11.5 Å². The lowest BCUT2D eigenvalue weighted by Gasteiger charge is -2.19. The molecular formula is C26H29N3O4. The molecule has 0 heterocycles. The van der Waals surface area contributed by atoms with Gasteiger partial charge in [-0.3, -0.25) is 9.59 Å². The van der Waals surface area contributed by atoms with Crippen LogP contribution in [0.2, 0.25) is 0 Å². The van der Waals surface area contributed by atoms with Crippen LogP contribution in [0.4, 0.5) is 5.69 Å². The molecule has 2 amide bonds. The van der Waals surface area contributed by atoms with Crippen molar-refractivity contribution in [3.63, 3.8) is 0 Å². The van der Waals surface area contributed by atoms with E-state index in [1.54, 1.807) is 43.5 Å². The number of anilines is 1. The zero-order valence-corrected chi connectivity index (χ0v) is 18.8. The third-order valence-electron chi connectivity index (χ3n) is 5.12. The summed E-state index contributed by atoms with van der Waals surface area (Å²) in [6.07, 6.45) is 0.301. The second kappa shape index (κ2) is 11.6. The Morgan fingerprint density at radius 1 is 0.970 bits per heavy atom. The quantitative estimate of drug-likeness (QED) is 0.358. The monoisotopic (exact) mass is 447 g/mol. The Balaban J connectivity index is 1.60. The van der Waals surface area contributed by atoms with Gasteiger partial charge in [0, 0.05) is 30.8 Å². The fraction of sp³-hybridized carbons (Fsp3) is 0.231. The van der Waals surface area contributed by atoms with E-state index in [-0.39, 0.29) is 17.6 Å². The SMILES string of the molecule is COc1ccc(NCCNC(=O)C(Cc2ccc(O)cc2)NC(=O)c2cccc(C)c2)cc1. The lowest BCUT2D eigenvalue weighted by Crippen LogP contribution is -2.48. The smallest absolute Gasteiger partial charge is 0.251 e. The van der Waals surface area contributed by atoms with E-state index >= 15 is 0 Å². The number of ether oxygens (including phenoxy) is 1. The van der Waals surface area contributed by atoms with E-state index in [4.69, 9.17) is 4.74 Å². The molecule has 0 saturated carbocycles. The first-order valence-electron chi connectivity index (χ1n) is 10.8. The predicted molar refractivity (Wildman–Crippen MR) is 129 cm³/mol. The van der Waals surface area contributed by atoms with Gasteiger partial charge in [-0.25, -0.2) is 0 Å². The van der Waals surface area contributed by atoms with E-state index in [9.17, 15) is 14.7 Å². The molecule has 33 heavy (non-hydrogen) atoms. The Morgan fingerprint density at radius 3 is 2.36 bits per heavy atom. The molecule has 0 radical (unpaired) electrons. The molecule has 0 aliphatic heterocycles. The summed E-state index contributed by atoms with van der Waals surface area (Å²) in [7, 11) is 1.62. The van der Waals surface area contributed by atoms with E-state index in [1.807, 2.05) is 43.3 Å². The van der Waals surface area contributed by atoms with Crippen LogP contribution >= 0.6 is 0 Å². The van der Waals surface area contributed by atoms with Gasteiger partial charge in [-0.1, -0.05) is 29.8 Å². The van der Waals surface area contributed by atoms with Gasteiger partial charge < -0.3 is 25.8 Å². The van der Waals surface area contributed by atoms with Gasteiger partial charge in [-0.05, 0) is 61.0 Å². The summed E-state index contributed by atoms with van der Waals surface area (Å²) in [6.45, 7) is 2.82.